The molecule has 0 saturated heterocycles. The summed E-state index contributed by atoms with van der Waals surface area (Å²) in [5, 5.41) is 3.50. The first-order chi connectivity index (χ1) is 11.2. The van der Waals surface area contributed by atoms with Gasteiger partial charge < -0.3 is 4.52 Å². The van der Waals surface area contributed by atoms with E-state index in [-0.39, 0.29) is 33.0 Å². The van der Waals surface area contributed by atoms with E-state index >= 15 is 0 Å². The molecule has 0 bridgehead atoms. The van der Waals surface area contributed by atoms with Gasteiger partial charge in [0.25, 0.3) is 10.0 Å². The maximum absolute atomic E-state index is 12.4. The first-order valence-electron chi connectivity index (χ1n) is 6.93. The van der Waals surface area contributed by atoms with Crippen molar-refractivity contribution < 1.29 is 22.5 Å². The summed E-state index contributed by atoms with van der Waals surface area (Å²) >= 11 is 0.933. The van der Waals surface area contributed by atoms with Crippen molar-refractivity contribution in [2.45, 2.75) is 25.7 Å². The van der Waals surface area contributed by atoms with E-state index in [0.717, 1.165) is 11.8 Å². The van der Waals surface area contributed by atoms with Crippen LogP contribution in [0.15, 0.2) is 33.7 Å². The zero-order chi connectivity index (χ0) is 17.9. The Hall–Kier alpha value is -2.13. The molecule has 24 heavy (non-hydrogen) atoms. The second-order valence-corrected chi connectivity index (χ2v) is 7.81. The number of rotatable bonds is 6. The fraction of sp³-hybridized carbons (Fsp3) is 0.267. The lowest BCUT2D eigenvalue weighted by Gasteiger charge is -2.08. The summed E-state index contributed by atoms with van der Waals surface area (Å²) in [4.78, 5) is 22.8. The number of aromatic nitrogens is 1. The van der Waals surface area contributed by atoms with Crippen molar-refractivity contribution in [3.63, 3.8) is 0 Å². The molecule has 128 valence electrons. The molecule has 0 spiro atoms. The molecule has 1 N–H and O–H groups in total. The Morgan fingerprint density at radius 2 is 1.83 bits per heavy atom. The third kappa shape index (κ3) is 4.24. The summed E-state index contributed by atoms with van der Waals surface area (Å²) in [6, 6.07) is 5.99. The smallest absolute Gasteiger partial charge is 0.267 e. The molecule has 0 aliphatic carbocycles. The van der Waals surface area contributed by atoms with Crippen LogP contribution in [0.2, 0.25) is 0 Å². The van der Waals surface area contributed by atoms with E-state index in [1.54, 1.807) is 6.92 Å². The van der Waals surface area contributed by atoms with Crippen molar-refractivity contribution in [2.75, 3.05) is 10.5 Å². The molecule has 1 aromatic heterocycles. The minimum absolute atomic E-state index is 0.000473. The van der Waals surface area contributed by atoms with Gasteiger partial charge in [0.15, 0.2) is 21.6 Å². The van der Waals surface area contributed by atoms with Crippen molar-refractivity contribution in [3.05, 3.63) is 41.3 Å². The second-order valence-electron chi connectivity index (χ2n) is 5.04. The molecule has 9 heteroatoms. The zero-order valence-electron chi connectivity index (χ0n) is 13.3. The van der Waals surface area contributed by atoms with Crippen molar-refractivity contribution in [3.8, 4) is 0 Å². The lowest BCUT2D eigenvalue weighted by molar-refractivity contribution is -0.109. The summed E-state index contributed by atoms with van der Waals surface area (Å²) in [6.45, 7) is 4.45. The summed E-state index contributed by atoms with van der Waals surface area (Å²) in [6.07, 6.45) is 0. The highest BCUT2D eigenvalue weighted by molar-refractivity contribution is 8.14. The standard InChI is InChI=1S/C15H16N2O5S2/c1-9-15(10(2)22-16-9)24(20,21)17-13-6-4-12(5-7-13)14(19)8-23-11(3)18/h4-7,17H,8H2,1-3H3. The summed E-state index contributed by atoms with van der Waals surface area (Å²) in [7, 11) is -3.83. The van der Waals surface area contributed by atoms with E-state index in [9.17, 15) is 18.0 Å². The molecule has 1 aromatic carbocycles. The van der Waals surface area contributed by atoms with Crippen LogP contribution >= 0.6 is 11.8 Å². The SMILES string of the molecule is CC(=O)SCC(=O)c1ccc(NS(=O)(=O)c2c(C)noc2C)cc1. The second kappa shape index (κ2) is 7.18. The largest absolute Gasteiger partial charge is 0.360 e. The van der Waals surface area contributed by atoms with Crippen LogP contribution in [0.25, 0.3) is 0 Å². The Bertz CT molecular complexity index is 850. The van der Waals surface area contributed by atoms with Gasteiger partial charge in [-0.05, 0) is 38.1 Å². The number of nitrogens with one attached hydrogen (secondary N) is 1. The van der Waals surface area contributed by atoms with Gasteiger partial charge >= 0.3 is 0 Å². The van der Waals surface area contributed by atoms with E-state index < -0.39 is 10.0 Å². The molecular formula is C15H16N2O5S2. The fourth-order valence-electron chi connectivity index (χ4n) is 2.04. The molecule has 2 rings (SSSR count). The number of nitrogens with zero attached hydrogens (tertiary/aromatic N) is 1. The van der Waals surface area contributed by atoms with Crippen LogP contribution in [-0.4, -0.2) is 30.2 Å². The monoisotopic (exact) mass is 368 g/mol. The Morgan fingerprint density at radius 1 is 1.21 bits per heavy atom. The van der Waals surface area contributed by atoms with Gasteiger partial charge in [-0.1, -0.05) is 16.9 Å². The number of hydrogen-bond acceptors (Lipinski definition) is 7. The molecular weight excluding hydrogens is 352 g/mol. The van der Waals surface area contributed by atoms with Crippen LogP contribution in [0.1, 0.15) is 28.7 Å². The molecule has 0 unspecified atom stereocenters. The number of carbonyl (C=O) groups is 2. The number of anilines is 1. The maximum Gasteiger partial charge on any atom is 0.267 e. The maximum atomic E-state index is 12.4. The van der Waals surface area contributed by atoms with Gasteiger partial charge in [-0.3, -0.25) is 14.3 Å². The Kier molecular flexibility index (Phi) is 5.45. The number of Topliss-reactive ketones (excluding diaryl/α,β-unsaturated/α-hetero) is 1. The molecule has 2 aromatic rings. The van der Waals surface area contributed by atoms with Crippen LogP contribution in [0.3, 0.4) is 0 Å². The topological polar surface area (TPSA) is 106 Å². The van der Waals surface area contributed by atoms with Crippen LogP contribution in [0.4, 0.5) is 5.69 Å². The van der Waals surface area contributed by atoms with Crippen LogP contribution in [-0.2, 0) is 14.8 Å². The van der Waals surface area contributed by atoms with Crippen molar-refractivity contribution in [1.29, 1.82) is 0 Å². The molecule has 0 aliphatic rings. The number of sulfonamides is 1. The van der Waals surface area contributed by atoms with E-state index in [1.165, 1.54) is 38.1 Å². The van der Waals surface area contributed by atoms with Gasteiger partial charge in [0.05, 0.1) is 5.75 Å². The highest BCUT2D eigenvalue weighted by atomic mass is 32.2. The molecule has 1 heterocycles. The minimum atomic E-state index is -3.83. The van der Waals surface area contributed by atoms with Gasteiger partial charge in [0, 0.05) is 18.2 Å². The van der Waals surface area contributed by atoms with Gasteiger partial charge in [0.2, 0.25) is 0 Å². The highest BCUT2D eigenvalue weighted by Crippen LogP contribution is 2.22. The normalized spacial score (nSPS) is 11.3. The molecule has 7 nitrogen and oxygen atoms in total. The van der Waals surface area contributed by atoms with E-state index in [2.05, 4.69) is 9.88 Å². The van der Waals surface area contributed by atoms with Gasteiger partial charge in [-0.15, -0.1) is 0 Å². The van der Waals surface area contributed by atoms with E-state index in [1.807, 2.05) is 0 Å². The van der Waals surface area contributed by atoms with Crippen molar-refractivity contribution in [2.24, 2.45) is 0 Å². The molecule has 0 fully saturated rings. The predicted molar refractivity (Wildman–Crippen MR) is 90.7 cm³/mol. The van der Waals surface area contributed by atoms with Crippen LogP contribution in [0, 0.1) is 13.8 Å². The fourth-order valence-corrected chi connectivity index (χ4v) is 3.93. The first kappa shape index (κ1) is 18.2. The number of hydrogen-bond donors (Lipinski definition) is 1. The number of benzene rings is 1. The summed E-state index contributed by atoms with van der Waals surface area (Å²) in [5.74, 6) is 0.0582. The molecule has 0 radical (unpaired) electrons. The average Bonchev–Trinajstić information content (AvgIpc) is 2.85. The molecule has 0 amide bonds. The number of carbonyl (C=O) groups excluding carboxylic acids is 2. The van der Waals surface area contributed by atoms with Gasteiger partial charge in [0.1, 0.15) is 5.69 Å². The minimum Gasteiger partial charge on any atom is -0.360 e. The van der Waals surface area contributed by atoms with Crippen LogP contribution < -0.4 is 4.72 Å². The number of ketones is 1. The van der Waals surface area contributed by atoms with Crippen molar-refractivity contribution in [1.82, 2.24) is 5.16 Å². The average molecular weight is 368 g/mol. The Morgan fingerprint density at radius 3 is 2.33 bits per heavy atom. The lowest BCUT2D eigenvalue weighted by Crippen LogP contribution is -2.14. The number of aryl methyl sites for hydroxylation is 2. The summed E-state index contributed by atoms with van der Waals surface area (Å²) < 4.78 is 32.1. The Labute approximate surface area is 143 Å². The Balaban J connectivity index is 2.14. The number of thioether (sulfide) groups is 1. The third-order valence-corrected chi connectivity index (χ3v) is 5.54. The highest BCUT2D eigenvalue weighted by Gasteiger charge is 2.24. The molecule has 0 aliphatic heterocycles. The third-order valence-electron chi connectivity index (χ3n) is 3.10. The lowest BCUT2D eigenvalue weighted by atomic mass is 10.1. The van der Waals surface area contributed by atoms with E-state index in [0.29, 0.717) is 11.3 Å². The molecule has 0 atom stereocenters. The van der Waals surface area contributed by atoms with Crippen molar-refractivity contribution >= 4 is 38.4 Å². The summed E-state index contributed by atoms with van der Waals surface area (Å²) in [5.41, 5.74) is 0.989. The predicted octanol–water partition coefficient (Wildman–Crippen LogP) is 2.55. The van der Waals surface area contributed by atoms with Gasteiger partial charge in [-0.2, -0.15) is 0 Å². The zero-order valence-corrected chi connectivity index (χ0v) is 15.0. The van der Waals surface area contributed by atoms with Crippen LogP contribution in [0.5, 0.6) is 0 Å². The first-order valence-corrected chi connectivity index (χ1v) is 9.40. The molecule has 0 saturated carbocycles. The quantitative estimate of drug-likeness (QED) is 0.781. The van der Waals surface area contributed by atoms with Gasteiger partial charge in [-0.25, -0.2) is 8.42 Å². The van der Waals surface area contributed by atoms with E-state index in [4.69, 9.17) is 4.52 Å².